The molecule has 2 atom stereocenters. The third kappa shape index (κ3) is 4.41. The van der Waals surface area contributed by atoms with Gasteiger partial charge in [-0.05, 0) is 19.4 Å². The maximum Gasteiger partial charge on any atom is 0.247 e. The van der Waals surface area contributed by atoms with Crippen LogP contribution in [0.4, 0.5) is 5.82 Å². The van der Waals surface area contributed by atoms with Gasteiger partial charge in [0.1, 0.15) is 11.8 Å². The number of nitrogens with one attached hydrogen (secondary N) is 2. The largest absolute Gasteiger partial charge is 0.383 e. The summed E-state index contributed by atoms with van der Waals surface area (Å²) in [5, 5.41) is 9.82. The highest BCUT2D eigenvalue weighted by molar-refractivity contribution is 5.94. The predicted octanol–water partition coefficient (Wildman–Crippen LogP) is 2.29. The quantitative estimate of drug-likeness (QED) is 0.820. The summed E-state index contributed by atoms with van der Waals surface area (Å²) in [5.41, 5.74) is 0.878. The number of anilines is 1. The molecule has 22 heavy (non-hydrogen) atoms. The molecule has 6 heteroatoms. The number of methoxy groups -OCH3 is 1. The Labute approximate surface area is 129 Å². The van der Waals surface area contributed by atoms with Gasteiger partial charge in [0.15, 0.2) is 5.82 Å². The molecule has 0 bridgehead atoms. The van der Waals surface area contributed by atoms with E-state index in [-0.39, 0.29) is 11.9 Å². The van der Waals surface area contributed by atoms with Crippen molar-refractivity contribution in [3.63, 3.8) is 0 Å². The second kappa shape index (κ2) is 7.72. The molecule has 0 fully saturated rings. The Morgan fingerprint density at radius 1 is 1.36 bits per heavy atom. The zero-order valence-corrected chi connectivity index (χ0v) is 13.0. The van der Waals surface area contributed by atoms with E-state index in [0.717, 1.165) is 5.56 Å². The van der Waals surface area contributed by atoms with Crippen molar-refractivity contribution < 1.29 is 14.1 Å². The Morgan fingerprint density at radius 3 is 2.68 bits per heavy atom. The van der Waals surface area contributed by atoms with Crippen LogP contribution in [0.1, 0.15) is 24.3 Å². The first-order valence-corrected chi connectivity index (χ1v) is 7.14. The first-order valence-electron chi connectivity index (χ1n) is 7.14. The van der Waals surface area contributed by atoms with Crippen LogP contribution in [0.2, 0.25) is 0 Å². The zero-order valence-electron chi connectivity index (χ0n) is 13.0. The number of carbonyl (C=O) groups is 1. The van der Waals surface area contributed by atoms with Crippen LogP contribution in [0.3, 0.4) is 0 Å². The van der Waals surface area contributed by atoms with Gasteiger partial charge in [0.05, 0.1) is 6.61 Å². The van der Waals surface area contributed by atoms with Crippen molar-refractivity contribution in [2.75, 3.05) is 19.0 Å². The highest BCUT2D eigenvalue weighted by Crippen LogP contribution is 2.17. The fourth-order valence-electron chi connectivity index (χ4n) is 2.18. The van der Waals surface area contributed by atoms with Crippen molar-refractivity contribution in [3.8, 4) is 0 Å². The molecule has 1 amide bonds. The second-order valence-electron chi connectivity index (χ2n) is 5.18. The zero-order chi connectivity index (χ0) is 15.9. The SMILES string of the molecule is COC[C@@H](C)N[C@H](C(=O)Nc1cc(C)on1)c1ccccc1. The van der Waals surface area contributed by atoms with Crippen LogP contribution >= 0.6 is 0 Å². The lowest BCUT2D eigenvalue weighted by atomic mass is 10.1. The molecule has 1 aromatic carbocycles. The molecule has 0 unspecified atom stereocenters. The number of hydrogen-bond acceptors (Lipinski definition) is 5. The monoisotopic (exact) mass is 303 g/mol. The molecule has 0 saturated heterocycles. The van der Waals surface area contributed by atoms with Gasteiger partial charge in [0, 0.05) is 19.2 Å². The van der Waals surface area contributed by atoms with Crippen LogP contribution in [0.5, 0.6) is 0 Å². The van der Waals surface area contributed by atoms with Crippen molar-refractivity contribution >= 4 is 11.7 Å². The van der Waals surface area contributed by atoms with E-state index in [1.165, 1.54) is 0 Å². The Hall–Kier alpha value is -2.18. The maximum absolute atomic E-state index is 12.6. The minimum absolute atomic E-state index is 0.0278. The van der Waals surface area contributed by atoms with Crippen LogP contribution in [-0.2, 0) is 9.53 Å². The Kier molecular flexibility index (Phi) is 5.68. The van der Waals surface area contributed by atoms with Crippen LogP contribution in [-0.4, -0.2) is 30.8 Å². The molecule has 1 heterocycles. The average Bonchev–Trinajstić information content (AvgIpc) is 2.91. The molecule has 0 aliphatic rings. The van der Waals surface area contributed by atoms with Gasteiger partial charge in [0.2, 0.25) is 5.91 Å². The summed E-state index contributed by atoms with van der Waals surface area (Å²) in [6, 6.07) is 10.7. The van der Waals surface area contributed by atoms with E-state index in [2.05, 4.69) is 15.8 Å². The second-order valence-corrected chi connectivity index (χ2v) is 5.18. The van der Waals surface area contributed by atoms with Crippen molar-refractivity contribution in [1.82, 2.24) is 10.5 Å². The van der Waals surface area contributed by atoms with Crippen molar-refractivity contribution in [2.24, 2.45) is 0 Å². The number of benzene rings is 1. The topological polar surface area (TPSA) is 76.4 Å². The first-order chi connectivity index (χ1) is 10.6. The lowest BCUT2D eigenvalue weighted by Crippen LogP contribution is -2.40. The predicted molar refractivity (Wildman–Crippen MR) is 83.5 cm³/mol. The van der Waals surface area contributed by atoms with E-state index >= 15 is 0 Å². The summed E-state index contributed by atoms with van der Waals surface area (Å²) >= 11 is 0. The van der Waals surface area contributed by atoms with Gasteiger partial charge in [-0.25, -0.2) is 0 Å². The van der Waals surface area contributed by atoms with Gasteiger partial charge in [-0.1, -0.05) is 35.5 Å². The third-order valence-corrected chi connectivity index (χ3v) is 3.14. The van der Waals surface area contributed by atoms with Crippen LogP contribution < -0.4 is 10.6 Å². The number of nitrogens with zero attached hydrogens (tertiary/aromatic N) is 1. The maximum atomic E-state index is 12.6. The molecule has 2 rings (SSSR count). The molecule has 0 radical (unpaired) electrons. The van der Waals surface area contributed by atoms with E-state index in [0.29, 0.717) is 18.2 Å². The molecule has 0 aliphatic carbocycles. The Bertz CT molecular complexity index is 598. The third-order valence-electron chi connectivity index (χ3n) is 3.14. The molecule has 2 N–H and O–H groups in total. The van der Waals surface area contributed by atoms with E-state index in [1.54, 1.807) is 20.1 Å². The molecule has 0 aliphatic heterocycles. The van der Waals surface area contributed by atoms with Crippen molar-refractivity contribution in [1.29, 1.82) is 0 Å². The molecular weight excluding hydrogens is 282 g/mol. The van der Waals surface area contributed by atoms with E-state index < -0.39 is 6.04 Å². The standard InChI is InChI=1S/C16H21N3O3/c1-11(10-21-3)17-15(13-7-5-4-6-8-13)16(20)18-14-9-12(2)22-19-14/h4-9,11,15,17H,10H2,1-3H3,(H,18,19,20)/t11-,15+/m1/s1. The van der Waals surface area contributed by atoms with Gasteiger partial charge >= 0.3 is 0 Å². The summed E-state index contributed by atoms with van der Waals surface area (Å²) in [7, 11) is 1.63. The van der Waals surface area contributed by atoms with Crippen LogP contribution in [0.15, 0.2) is 40.9 Å². The van der Waals surface area contributed by atoms with Gasteiger partial charge in [-0.15, -0.1) is 0 Å². The average molecular weight is 303 g/mol. The Morgan fingerprint density at radius 2 is 2.09 bits per heavy atom. The smallest absolute Gasteiger partial charge is 0.247 e. The van der Waals surface area contributed by atoms with E-state index in [1.807, 2.05) is 37.3 Å². The van der Waals surface area contributed by atoms with Crippen LogP contribution in [0.25, 0.3) is 0 Å². The molecule has 2 aromatic rings. The van der Waals surface area contributed by atoms with Crippen molar-refractivity contribution in [2.45, 2.75) is 25.9 Å². The molecule has 0 saturated carbocycles. The fourth-order valence-corrected chi connectivity index (χ4v) is 2.18. The summed E-state index contributed by atoms with van der Waals surface area (Å²) in [6.45, 7) is 4.25. The summed E-state index contributed by atoms with van der Waals surface area (Å²) in [5.74, 6) is 0.861. The van der Waals surface area contributed by atoms with E-state index in [9.17, 15) is 4.79 Å². The van der Waals surface area contributed by atoms with Gasteiger partial charge < -0.3 is 14.6 Å². The first kappa shape index (κ1) is 16.2. The minimum atomic E-state index is -0.497. The number of amides is 1. The minimum Gasteiger partial charge on any atom is -0.383 e. The number of carbonyl (C=O) groups excluding carboxylic acids is 1. The molecule has 6 nitrogen and oxygen atoms in total. The number of ether oxygens (including phenoxy) is 1. The van der Waals surface area contributed by atoms with Crippen LogP contribution in [0, 0.1) is 6.92 Å². The summed E-state index contributed by atoms with van der Waals surface area (Å²) in [4.78, 5) is 12.6. The summed E-state index contributed by atoms with van der Waals surface area (Å²) in [6.07, 6.45) is 0. The molecule has 118 valence electrons. The Balaban J connectivity index is 2.14. The number of hydrogen-bond donors (Lipinski definition) is 2. The number of aromatic nitrogens is 1. The summed E-state index contributed by atoms with van der Waals surface area (Å²) < 4.78 is 10.1. The van der Waals surface area contributed by atoms with Gasteiger partial charge in [0.25, 0.3) is 0 Å². The molecule has 1 aromatic heterocycles. The molecular formula is C16H21N3O3. The van der Waals surface area contributed by atoms with E-state index in [4.69, 9.17) is 9.26 Å². The van der Waals surface area contributed by atoms with Crippen molar-refractivity contribution in [3.05, 3.63) is 47.7 Å². The van der Waals surface area contributed by atoms with Gasteiger partial charge in [-0.3, -0.25) is 10.1 Å². The molecule has 0 spiro atoms. The lowest BCUT2D eigenvalue weighted by molar-refractivity contribution is -0.118. The lowest BCUT2D eigenvalue weighted by Gasteiger charge is -2.22. The normalized spacial score (nSPS) is 13.6. The highest BCUT2D eigenvalue weighted by atomic mass is 16.5. The number of aryl methyl sites for hydroxylation is 1. The fraction of sp³-hybridized carbons (Fsp3) is 0.375. The highest BCUT2D eigenvalue weighted by Gasteiger charge is 2.23. The van der Waals surface area contributed by atoms with Gasteiger partial charge in [-0.2, -0.15) is 0 Å². The number of rotatable bonds is 7.